The van der Waals surface area contributed by atoms with E-state index in [-0.39, 0.29) is 0 Å². The highest BCUT2D eigenvalue weighted by atomic mass is 16.4. The first-order valence-electron chi connectivity index (χ1n) is 7.74. The Kier molecular flexibility index (Phi) is 9.84. The van der Waals surface area contributed by atoms with E-state index in [9.17, 15) is 24.0 Å². The number of aliphatic hydroxyl groups is 1. The molecule has 0 aromatic carbocycles. The van der Waals surface area contributed by atoms with Gasteiger partial charge in [-0.3, -0.25) is 24.0 Å². The summed E-state index contributed by atoms with van der Waals surface area (Å²) in [5.41, 5.74) is 10.4. The van der Waals surface area contributed by atoms with Crippen LogP contribution in [0.2, 0.25) is 0 Å². The average Bonchev–Trinajstić information content (AvgIpc) is 2.54. The fourth-order valence-electron chi connectivity index (χ4n) is 1.83. The fourth-order valence-corrected chi connectivity index (χ4v) is 1.83. The van der Waals surface area contributed by atoms with Crippen molar-refractivity contribution >= 4 is 29.6 Å². The molecule has 26 heavy (non-hydrogen) atoms. The van der Waals surface area contributed by atoms with Crippen molar-refractivity contribution in [2.45, 2.75) is 38.4 Å². The average molecular weight is 375 g/mol. The predicted molar refractivity (Wildman–Crippen MR) is 88.2 cm³/mol. The molecule has 12 heteroatoms. The molecule has 0 heterocycles. The smallest absolute Gasteiger partial charge is 0.322 e. The van der Waals surface area contributed by atoms with Gasteiger partial charge in [0.1, 0.15) is 24.7 Å². The van der Waals surface area contributed by atoms with Crippen LogP contribution in [0.1, 0.15) is 20.3 Å². The molecule has 0 aliphatic heterocycles. The first-order valence-corrected chi connectivity index (χ1v) is 7.74. The third kappa shape index (κ3) is 8.39. The first-order chi connectivity index (χ1) is 12.0. The van der Waals surface area contributed by atoms with Crippen molar-refractivity contribution < 1.29 is 34.2 Å². The number of carboxylic acid groups (broad SMARTS) is 1. The highest BCUT2D eigenvalue weighted by molar-refractivity contribution is 5.95. The summed E-state index contributed by atoms with van der Waals surface area (Å²) in [4.78, 5) is 57.8. The molecule has 0 aromatic rings. The zero-order valence-electron chi connectivity index (χ0n) is 14.5. The van der Waals surface area contributed by atoms with E-state index in [2.05, 4.69) is 16.0 Å². The van der Waals surface area contributed by atoms with E-state index in [0.29, 0.717) is 0 Å². The quantitative estimate of drug-likeness (QED) is 0.188. The monoisotopic (exact) mass is 375 g/mol. The Morgan fingerprint density at radius 3 is 2.00 bits per heavy atom. The molecule has 9 N–H and O–H groups in total. The van der Waals surface area contributed by atoms with Gasteiger partial charge in [-0.2, -0.15) is 0 Å². The summed E-state index contributed by atoms with van der Waals surface area (Å²) < 4.78 is 0. The van der Waals surface area contributed by atoms with Crippen LogP contribution in [-0.2, 0) is 24.0 Å². The van der Waals surface area contributed by atoms with Gasteiger partial charge in [-0.25, -0.2) is 0 Å². The summed E-state index contributed by atoms with van der Waals surface area (Å²) in [5, 5.41) is 24.1. The second-order valence-electron chi connectivity index (χ2n) is 5.86. The number of carbonyl (C=O) groups excluding carboxylic acids is 4. The number of nitrogens with one attached hydrogen (secondary N) is 3. The molecule has 0 aromatic heterocycles. The molecule has 0 aliphatic carbocycles. The summed E-state index contributed by atoms with van der Waals surface area (Å²) in [6, 6.07) is -3.83. The molecule has 0 bridgehead atoms. The minimum atomic E-state index is -1.41. The summed E-state index contributed by atoms with van der Waals surface area (Å²) >= 11 is 0. The van der Waals surface area contributed by atoms with Crippen molar-refractivity contribution in [3.8, 4) is 0 Å². The van der Waals surface area contributed by atoms with Crippen LogP contribution in [0.15, 0.2) is 0 Å². The Morgan fingerprint density at radius 2 is 1.58 bits per heavy atom. The van der Waals surface area contributed by atoms with Crippen LogP contribution in [0.25, 0.3) is 0 Å². The Morgan fingerprint density at radius 1 is 1.00 bits per heavy atom. The van der Waals surface area contributed by atoms with Crippen LogP contribution < -0.4 is 27.4 Å². The van der Waals surface area contributed by atoms with Crippen LogP contribution in [-0.4, -0.2) is 71.1 Å². The molecule has 0 spiro atoms. The van der Waals surface area contributed by atoms with E-state index in [1.165, 1.54) is 0 Å². The predicted octanol–water partition coefficient (Wildman–Crippen LogP) is -3.99. The lowest BCUT2D eigenvalue weighted by atomic mass is 10.0. The van der Waals surface area contributed by atoms with Gasteiger partial charge in [0.2, 0.25) is 23.6 Å². The van der Waals surface area contributed by atoms with Gasteiger partial charge >= 0.3 is 5.97 Å². The number of rotatable bonds is 11. The maximum atomic E-state index is 12.3. The van der Waals surface area contributed by atoms with E-state index in [0.717, 1.165) is 0 Å². The van der Waals surface area contributed by atoms with Gasteiger partial charge in [0.25, 0.3) is 0 Å². The van der Waals surface area contributed by atoms with Crippen molar-refractivity contribution in [1.82, 2.24) is 16.0 Å². The number of aliphatic carboxylic acids is 1. The number of hydrogen-bond donors (Lipinski definition) is 7. The van der Waals surface area contributed by atoms with Crippen molar-refractivity contribution in [3.63, 3.8) is 0 Å². The number of carboxylic acids is 1. The SMILES string of the molecule is CC(C)C(NC(=O)C(CC(N)=O)NC(=O)C(N)CO)C(=O)NCC(=O)O. The standard InChI is InChI=1S/C14H25N5O7/c1-6(2)11(14(26)17-4-10(22)23)19-13(25)8(3-9(16)21)18-12(24)7(15)5-20/h6-8,11,20H,3-5,15H2,1-2H3,(H2,16,21)(H,17,26)(H,18,24)(H,19,25)(H,22,23). The van der Waals surface area contributed by atoms with Crippen LogP contribution >= 0.6 is 0 Å². The molecule has 0 rings (SSSR count). The number of hydrogen-bond acceptors (Lipinski definition) is 7. The summed E-state index contributed by atoms with van der Waals surface area (Å²) in [5.74, 6) is -5.08. The van der Waals surface area contributed by atoms with Crippen LogP contribution in [0, 0.1) is 5.92 Å². The van der Waals surface area contributed by atoms with Gasteiger partial charge in [0.05, 0.1) is 13.0 Å². The third-order valence-corrected chi connectivity index (χ3v) is 3.23. The highest BCUT2D eigenvalue weighted by Gasteiger charge is 2.30. The zero-order valence-corrected chi connectivity index (χ0v) is 14.5. The van der Waals surface area contributed by atoms with E-state index in [4.69, 9.17) is 21.7 Å². The molecule has 12 nitrogen and oxygen atoms in total. The van der Waals surface area contributed by atoms with Crippen molar-refractivity contribution in [2.75, 3.05) is 13.2 Å². The number of amides is 4. The minimum Gasteiger partial charge on any atom is -0.480 e. The fraction of sp³-hybridized carbons (Fsp3) is 0.643. The van der Waals surface area contributed by atoms with Crippen molar-refractivity contribution in [2.24, 2.45) is 17.4 Å². The van der Waals surface area contributed by atoms with Crippen molar-refractivity contribution in [3.05, 3.63) is 0 Å². The lowest BCUT2D eigenvalue weighted by Gasteiger charge is -2.25. The molecule has 3 atom stereocenters. The lowest BCUT2D eigenvalue weighted by Crippen LogP contribution is -2.58. The topological polar surface area (TPSA) is 214 Å². The zero-order chi connectivity index (χ0) is 20.4. The second-order valence-corrected chi connectivity index (χ2v) is 5.86. The van der Waals surface area contributed by atoms with Crippen LogP contribution in [0.3, 0.4) is 0 Å². The molecule has 3 unspecified atom stereocenters. The minimum absolute atomic E-state index is 0.419. The van der Waals surface area contributed by atoms with Gasteiger partial charge in [0, 0.05) is 0 Å². The molecule has 4 amide bonds. The highest BCUT2D eigenvalue weighted by Crippen LogP contribution is 2.04. The first kappa shape index (κ1) is 23.3. The Balaban J connectivity index is 5.15. The molecule has 0 saturated heterocycles. The third-order valence-electron chi connectivity index (χ3n) is 3.23. The summed E-state index contributed by atoms with van der Waals surface area (Å²) in [7, 11) is 0. The van der Waals surface area contributed by atoms with Gasteiger partial charge in [-0.15, -0.1) is 0 Å². The lowest BCUT2D eigenvalue weighted by molar-refractivity contribution is -0.139. The van der Waals surface area contributed by atoms with Crippen LogP contribution in [0.5, 0.6) is 0 Å². The second kappa shape index (κ2) is 11.0. The Hall–Kier alpha value is -2.73. The maximum Gasteiger partial charge on any atom is 0.322 e. The van der Waals surface area contributed by atoms with Crippen molar-refractivity contribution in [1.29, 1.82) is 0 Å². The van der Waals surface area contributed by atoms with E-state index in [1.807, 2.05) is 0 Å². The molecular formula is C14H25N5O7. The molecule has 0 saturated carbocycles. The molecule has 148 valence electrons. The summed E-state index contributed by atoms with van der Waals surface area (Å²) in [6.07, 6.45) is -0.558. The van der Waals surface area contributed by atoms with Gasteiger partial charge < -0.3 is 37.6 Å². The Bertz CT molecular complexity index is 552. The van der Waals surface area contributed by atoms with E-state index < -0.39 is 73.2 Å². The van der Waals surface area contributed by atoms with Gasteiger partial charge in [-0.1, -0.05) is 13.8 Å². The van der Waals surface area contributed by atoms with Crippen LogP contribution in [0.4, 0.5) is 0 Å². The van der Waals surface area contributed by atoms with Gasteiger partial charge in [-0.05, 0) is 5.92 Å². The van der Waals surface area contributed by atoms with E-state index >= 15 is 0 Å². The molecule has 0 aliphatic rings. The number of primary amides is 1. The normalized spacial score (nSPS) is 14.0. The molecular weight excluding hydrogens is 350 g/mol. The number of carbonyl (C=O) groups is 5. The number of nitrogens with two attached hydrogens (primary N) is 2. The number of aliphatic hydroxyl groups excluding tert-OH is 1. The largest absolute Gasteiger partial charge is 0.480 e. The maximum absolute atomic E-state index is 12.3. The summed E-state index contributed by atoms with van der Waals surface area (Å²) in [6.45, 7) is 1.90. The Labute approximate surface area is 149 Å². The molecule has 0 fully saturated rings. The molecule has 0 radical (unpaired) electrons. The van der Waals surface area contributed by atoms with Gasteiger partial charge in [0.15, 0.2) is 0 Å². The van der Waals surface area contributed by atoms with E-state index in [1.54, 1.807) is 13.8 Å².